The summed E-state index contributed by atoms with van der Waals surface area (Å²) < 4.78 is 0. The van der Waals surface area contributed by atoms with Gasteiger partial charge in [-0.3, -0.25) is 0 Å². The Kier molecular flexibility index (Phi) is 3.38. The minimum atomic E-state index is -0.828. The van der Waals surface area contributed by atoms with Gasteiger partial charge in [-0.2, -0.15) is 0 Å². The molecule has 0 amide bonds. The van der Waals surface area contributed by atoms with E-state index in [1.807, 2.05) is 0 Å². The van der Waals surface area contributed by atoms with Gasteiger partial charge in [-0.25, -0.2) is 0 Å². The van der Waals surface area contributed by atoms with Crippen molar-refractivity contribution < 1.29 is 0 Å². The summed E-state index contributed by atoms with van der Waals surface area (Å²) in [5.74, 6) is 0. The lowest BCUT2D eigenvalue weighted by molar-refractivity contribution is 0.888. The van der Waals surface area contributed by atoms with Crippen LogP contribution in [0.3, 0.4) is 0 Å². The highest BCUT2D eigenvalue weighted by atomic mass is 35.9. The predicted molar refractivity (Wildman–Crippen MR) is 45.9 cm³/mol. The maximum absolute atomic E-state index is 5.92. The molecule has 1 fully saturated rings. The maximum Gasteiger partial charge on any atom is 0.0900 e. The average molecular weight is 205 g/mol. The van der Waals surface area contributed by atoms with Gasteiger partial charge >= 0.3 is 0 Å². The number of halogens is 3. The van der Waals surface area contributed by atoms with Crippen molar-refractivity contribution in [3.05, 3.63) is 0 Å². The van der Waals surface area contributed by atoms with Crippen LogP contribution in [0.25, 0.3) is 0 Å². The first-order valence-corrected chi connectivity index (χ1v) is 6.62. The molecular formula is C5H8Cl3P. The third-order valence-corrected chi connectivity index (χ3v) is 4.97. The minimum Gasteiger partial charge on any atom is -0.122 e. The van der Waals surface area contributed by atoms with Crippen LogP contribution in [0.4, 0.5) is 0 Å². The predicted octanol–water partition coefficient (Wildman–Crippen LogP) is 3.94. The Balaban J connectivity index is 2.40. The molecule has 0 heterocycles. The number of alkyl halides is 1. The van der Waals surface area contributed by atoms with E-state index in [2.05, 4.69) is 0 Å². The summed E-state index contributed by atoms with van der Waals surface area (Å²) >= 11 is 17.4. The monoisotopic (exact) mass is 204 g/mol. The molecule has 0 aromatic rings. The van der Waals surface area contributed by atoms with Crippen LogP contribution in [0.2, 0.25) is 0 Å². The van der Waals surface area contributed by atoms with E-state index < -0.39 is 6.63 Å². The van der Waals surface area contributed by atoms with Crippen LogP contribution < -0.4 is 0 Å². The topological polar surface area (TPSA) is 0 Å². The van der Waals surface area contributed by atoms with E-state index in [-0.39, 0.29) is 5.38 Å². The van der Waals surface area contributed by atoms with E-state index in [9.17, 15) is 0 Å². The molecule has 0 aromatic heterocycles. The van der Waals surface area contributed by atoms with E-state index in [1.54, 1.807) is 0 Å². The SMILES string of the molecule is Cl[C@H]1CCC[C@H]1P(Cl)Cl. The molecule has 0 spiro atoms. The van der Waals surface area contributed by atoms with Gasteiger partial charge < -0.3 is 0 Å². The van der Waals surface area contributed by atoms with Gasteiger partial charge in [0.2, 0.25) is 0 Å². The zero-order chi connectivity index (χ0) is 6.85. The summed E-state index contributed by atoms with van der Waals surface area (Å²) in [4.78, 5) is 0. The molecular weight excluding hydrogens is 197 g/mol. The second kappa shape index (κ2) is 3.62. The molecule has 0 aliphatic heterocycles. The van der Waals surface area contributed by atoms with E-state index in [0.717, 1.165) is 12.8 Å². The second-order valence-electron chi connectivity index (χ2n) is 2.27. The van der Waals surface area contributed by atoms with Gasteiger partial charge in [-0.15, -0.1) is 11.6 Å². The Morgan fingerprint density at radius 2 is 1.89 bits per heavy atom. The lowest BCUT2D eigenvalue weighted by atomic mass is 10.4. The molecule has 1 aliphatic rings. The second-order valence-corrected chi connectivity index (χ2v) is 6.72. The van der Waals surface area contributed by atoms with Crippen LogP contribution >= 0.6 is 40.7 Å². The highest BCUT2D eigenvalue weighted by molar-refractivity contribution is 8.04. The highest BCUT2D eigenvalue weighted by Gasteiger charge is 2.30. The zero-order valence-corrected chi connectivity index (χ0v) is 8.02. The molecule has 54 valence electrons. The molecule has 2 atom stereocenters. The molecule has 0 bridgehead atoms. The molecule has 1 saturated carbocycles. The molecule has 0 nitrogen and oxygen atoms in total. The molecule has 9 heavy (non-hydrogen) atoms. The summed E-state index contributed by atoms with van der Waals surface area (Å²) in [5.41, 5.74) is 0.394. The normalized spacial score (nSPS) is 36.0. The minimum absolute atomic E-state index is 0.242. The van der Waals surface area contributed by atoms with Crippen LogP contribution in [0.1, 0.15) is 19.3 Å². The average Bonchev–Trinajstić information content (AvgIpc) is 2.13. The Bertz CT molecular complexity index is 96.2. The van der Waals surface area contributed by atoms with Gasteiger partial charge in [0.15, 0.2) is 0 Å². The molecule has 0 unspecified atom stereocenters. The smallest absolute Gasteiger partial charge is 0.0900 e. The highest BCUT2D eigenvalue weighted by Crippen LogP contribution is 2.57. The van der Waals surface area contributed by atoms with Gasteiger partial charge in [0, 0.05) is 11.0 Å². The fourth-order valence-corrected chi connectivity index (χ4v) is 4.25. The third-order valence-electron chi connectivity index (χ3n) is 1.65. The summed E-state index contributed by atoms with van der Waals surface area (Å²) in [6.07, 6.45) is 3.40. The van der Waals surface area contributed by atoms with Crippen molar-refractivity contribution >= 4 is 40.7 Å². The van der Waals surface area contributed by atoms with E-state index >= 15 is 0 Å². The van der Waals surface area contributed by atoms with Crippen molar-refractivity contribution in [3.8, 4) is 0 Å². The van der Waals surface area contributed by atoms with E-state index in [0.29, 0.717) is 5.66 Å². The van der Waals surface area contributed by atoms with Crippen molar-refractivity contribution in [1.82, 2.24) is 0 Å². The maximum atomic E-state index is 5.92. The zero-order valence-electron chi connectivity index (χ0n) is 4.86. The van der Waals surface area contributed by atoms with E-state index in [4.69, 9.17) is 34.1 Å². The summed E-state index contributed by atoms with van der Waals surface area (Å²) in [6, 6.07) is 0. The molecule has 4 heteroatoms. The van der Waals surface area contributed by atoms with Gasteiger partial charge in [0.1, 0.15) is 0 Å². The van der Waals surface area contributed by atoms with Crippen molar-refractivity contribution in [2.75, 3.05) is 0 Å². The Hall–Kier alpha value is 1.30. The van der Waals surface area contributed by atoms with Crippen molar-refractivity contribution in [1.29, 1.82) is 0 Å². The quantitative estimate of drug-likeness (QED) is 0.449. The lowest BCUT2D eigenvalue weighted by Gasteiger charge is -2.12. The standard InChI is InChI=1S/C5H8Cl3P/c6-4-2-1-3-5(4)9(7)8/h4-5H,1-3H2/t4-,5+/m0/s1. The van der Waals surface area contributed by atoms with Gasteiger partial charge in [0.25, 0.3) is 0 Å². The van der Waals surface area contributed by atoms with Crippen LogP contribution in [0.5, 0.6) is 0 Å². The first-order valence-electron chi connectivity index (χ1n) is 2.96. The Morgan fingerprint density at radius 3 is 2.11 bits per heavy atom. The fourth-order valence-electron chi connectivity index (χ4n) is 1.12. The first kappa shape index (κ1) is 8.40. The summed E-state index contributed by atoms with van der Waals surface area (Å²) in [5, 5.41) is 0.242. The van der Waals surface area contributed by atoms with Crippen molar-refractivity contribution in [2.24, 2.45) is 0 Å². The third kappa shape index (κ3) is 2.12. The molecule has 0 aromatic carbocycles. The van der Waals surface area contributed by atoms with Gasteiger partial charge in [-0.05, 0) is 12.8 Å². The molecule has 1 aliphatic carbocycles. The van der Waals surface area contributed by atoms with Crippen LogP contribution in [0, 0.1) is 0 Å². The number of rotatable bonds is 1. The van der Waals surface area contributed by atoms with Crippen LogP contribution in [-0.2, 0) is 0 Å². The first-order chi connectivity index (χ1) is 4.22. The fraction of sp³-hybridized carbons (Fsp3) is 1.00. The summed E-state index contributed by atoms with van der Waals surface area (Å²) in [7, 11) is 0. The number of hydrogen-bond acceptors (Lipinski definition) is 0. The molecule has 0 saturated heterocycles. The van der Waals surface area contributed by atoms with Crippen molar-refractivity contribution in [2.45, 2.75) is 30.3 Å². The lowest BCUT2D eigenvalue weighted by Crippen LogP contribution is -2.07. The molecule has 0 radical (unpaired) electrons. The number of hydrogen-bond donors (Lipinski definition) is 0. The largest absolute Gasteiger partial charge is 0.122 e. The Labute approximate surface area is 71.2 Å². The van der Waals surface area contributed by atoms with Crippen LogP contribution in [0.15, 0.2) is 0 Å². The molecule has 1 rings (SSSR count). The Morgan fingerprint density at radius 1 is 1.22 bits per heavy atom. The summed E-state index contributed by atoms with van der Waals surface area (Å²) in [6.45, 7) is -0.828. The van der Waals surface area contributed by atoms with E-state index in [1.165, 1.54) is 6.42 Å². The molecule has 0 N–H and O–H groups in total. The van der Waals surface area contributed by atoms with Crippen LogP contribution in [-0.4, -0.2) is 11.0 Å². The van der Waals surface area contributed by atoms with Gasteiger partial charge in [-0.1, -0.05) is 28.9 Å². The van der Waals surface area contributed by atoms with Crippen molar-refractivity contribution in [3.63, 3.8) is 0 Å². The van der Waals surface area contributed by atoms with Gasteiger partial charge in [0.05, 0.1) is 6.63 Å².